The second-order valence-corrected chi connectivity index (χ2v) is 5.08. The van der Waals surface area contributed by atoms with Gasteiger partial charge in [-0.3, -0.25) is 4.79 Å². The van der Waals surface area contributed by atoms with E-state index in [1.54, 1.807) is 4.57 Å². The van der Waals surface area contributed by atoms with Crippen LogP contribution >= 0.6 is 0 Å². The van der Waals surface area contributed by atoms with Crippen LogP contribution in [0.15, 0.2) is 29.1 Å². The van der Waals surface area contributed by atoms with Crippen molar-refractivity contribution in [3.05, 3.63) is 40.3 Å². The molecule has 0 unspecified atom stereocenters. The molecule has 1 heterocycles. The van der Waals surface area contributed by atoms with E-state index in [-0.39, 0.29) is 5.56 Å². The van der Waals surface area contributed by atoms with Gasteiger partial charge in [0, 0.05) is 7.05 Å². The highest BCUT2D eigenvalue weighted by Crippen LogP contribution is 2.10. The molecule has 1 aromatic heterocycles. The first-order valence-electron chi connectivity index (χ1n) is 7.18. The Morgan fingerprint density at radius 2 is 1.84 bits per heavy atom. The van der Waals surface area contributed by atoms with E-state index in [2.05, 4.69) is 11.9 Å². The lowest BCUT2D eigenvalue weighted by atomic mass is 10.1. The highest BCUT2D eigenvalue weighted by Gasteiger charge is 2.07. The molecular formula is C16H22N2O. The Morgan fingerprint density at radius 1 is 1.11 bits per heavy atom. The van der Waals surface area contributed by atoms with E-state index in [0.29, 0.717) is 5.69 Å². The molecule has 0 fully saturated rings. The Balaban J connectivity index is 2.15. The van der Waals surface area contributed by atoms with Crippen LogP contribution < -0.4 is 5.56 Å². The van der Waals surface area contributed by atoms with E-state index in [4.69, 9.17) is 0 Å². The number of nitrogens with zero attached hydrogens (tertiary/aromatic N) is 2. The van der Waals surface area contributed by atoms with Crippen LogP contribution in [0.3, 0.4) is 0 Å². The van der Waals surface area contributed by atoms with Gasteiger partial charge in [0.2, 0.25) is 0 Å². The third kappa shape index (κ3) is 3.22. The summed E-state index contributed by atoms with van der Waals surface area (Å²) in [6.45, 7) is 2.21. The van der Waals surface area contributed by atoms with Gasteiger partial charge in [-0.15, -0.1) is 0 Å². The maximum Gasteiger partial charge on any atom is 0.272 e. The summed E-state index contributed by atoms with van der Waals surface area (Å²) in [6.07, 6.45) is 6.82. The number of rotatable bonds is 6. The van der Waals surface area contributed by atoms with E-state index in [1.165, 1.54) is 25.7 Å². The standard InChI is InChI=1S/C16H22N2O/c1-3-4-5-6-7-11-14-16(19)18(2)15-12-9-8-10-13(15)17-14/h8-10,12H,3-7,11H2,1-2H3. The minimum absolute atomic E-state index is 0.0502. The van der Waals surface area contributed by atoms with Crippen molar-refractivity contribution < 1.29 is 0 Å². The van der Waals surface area contributed by atoms with Gasteiger partial charge >= 0.3 is 0 Å². The van der Waals surface area contributed by atoms with Crippen molar-refractivity contribution >= 4 is 11.0 Å². The van der Waals surface area contributed by atoms with Gasteiger partial charge in [-0.2, -0.15) is 0 Å². The molecular weight excluding hydrogens is 236 g/mol. The minimum Gasteiger partial charge on any atom is -0.308 e. The van der Waals surface area contributed by atoms with Crippen LogP contribution in [0.4, 0.5) is 0 Å². The Labute approximate surface area is 114 Å². The number of fused-ring (bicyclic) bond motifs is 1. The predicted molar refractivity (Wildman–Crippen MR) is 79.4 cm³/mol. The van der Waals surface area contributed by atoms with Crippen molar-refractivity contribution in [2.75, 3.05) is 0 Å². The fourth-order valence-corrected chi connectivity index (χ4v) is 2.40. The molecule has 1 aromatic carbocycles. The Bertz CT molecular complexity index is 601. The number of hydrogen-bond donors (Lipinski definition) is 0. The lowest BCUT2D eigenvalue weighted by molar-refractivity contribution is 0.624. The van der Waals surface area contributed by atoms with Crippen molar-refractivity contribution in [1.29, 1.82) is 0 Å². The maximum absolute atomic E-state index is 12.2. The summed E-state index contributed by atoms with van der Waals surface area (Å²) in [5, 5.41) is 0. The Morgan fingerprint density at radius 3 is 2.63 bits per heavy atom. The third-order valence-corrected chi connectivity index (χ3v) is 3.57. The SMILES string of the molecule is CCCCCCCc1nc2ccccc2n(C)c1=O. The largest absolute Gasteiger partial charge is 0.308 e. The van der Waals surface area contributed by atoms with E-state index >= 15 is 0 Å². The first-order chi connectivity index (χ1) is 9.24. The summed E-state index contributed by atoms with van der Waals surface area (Å²) in [4.78, 5) is 16.7. The van der Waals surface area contributed by atoms with E-state index < -0.39 is 0 Å². The van der Waals surface area contributed by atoms with Crippen LogP contribution in [0.1, 0.15) is 44.7 Å². The zero-order valence-electron chi connectivity index (χ0n) is 11.9. The molecule has 0 amide bonds. The van der Waals surface area contributed by atoms with Gasteiger partial charge in [0.05, 0.1) is 11.0 Å². The van der Waals surface area contributed by atoms with Gasteiger partial charge in [-0.1, -0.05) is 44.7 Å². The lowest BCUT2D eigenvalue weighted by Gasteiger charge is -2.07. The molecule has 0 aliphatic carbocycles. The molecule has 0 radical (unpaired) electrons. The van der Waals surface area contributed by atoms with Gasteiger partial charge in [0.15, 0.2) is 0 Å². The second kappa shape index (κ2) is 6.50. The molecule has 19 heavy (non-hydrogen) atoms. The maximum atomic E-state index is 12.2. The zero-order valence-corrected chi connectivity index (χ0v) is 11.9. The fraction of sp³-hybridized carbons (Fsp3) is 0.500. The summed E-state index contributed by atoms with van der Waals surface area (Å²) in [5.74, 6) is 0. The molecule has 102 valence electrons. The number of aromatic nitrogens is 2. The predicted octanol–water partition coefficient (Wildman–Crippen LogP) is 3.45. The van der Waals surface area contributed by atoms with Gasteiger partial charge < -0.3 is 4.57 Å². The number of hydrogen-bond acceptors (Lipinski definition) is 2. The molecule has 0 saturated carbocycles. The van der Waals surface area contributed by atoms with Crippen molar-refractivity contribution in [3.63, 3.8) is 0 Å². The van der Waals surface area contributed by atoms with Crippen LogP contribution in [0.2, 0.25) is 0 Å². The molecule has 0 N–H and O–H groups in total. The normalized spacial score (nSPS) is 11.1. The molecule has 3 heteroatoms. The number of unbranched alkanes of at least 4 members (excludes halogenated alkanes) is 4. The summed E-state index contributed by atoms with van der Waals surface area (Å²) in [6, 6.07) is 7.81. The lowest BCUT2D eigenvalue weighted by Crippen LogP contribution is -2.23. The number of aryl methyl sites for hydroxylation is 2. The molecule has 0 aliphatic rings. The number of para-hydroxylation sites is 2. The smallest absolute Gasteiger partial charge is 0.272 e. The first-order valence-corrected chi connectivity index (χ1v) is 7.18. The van der Waals surface area contributed by atoms with Gasteiger partial charge in [-0.25, -0.2) is 4.98 Å². The summed E-state index contributed by atoms with van der Waals surface area (Å²) in [7, 11) is 1.83. The third-order valence-electron chi connectivity index (χ3n) is 3.57. The molecule has 2 rings (SSSR count). The summed E-state index contributed by atoms with van der Waals surface area (Å²) >= 11 is 0. The Hall–Kier alpha value is -1.64. The molecule has 0 bridgehead atoms. The summed E-state index contributed by atoms with van der Waals surface area (Å²) < 4.78 is 1.71. The second-order valence-electron chi connectivity index (χ2n) is 5.08. The molecule has 2 aromatic rings. The molecule has 3 nitrogen and oxygen atoms in total. The zero-order chi connectivity index (χ0) is 13.7. The minimum atomic E-state index is 0.0502. The van der Waals surface area contributed by atoms with Crippen molar-refractivity contribution in [3.8, 4) is 0 Å². The van der Waals surface area contributed by atoms with E-state index in [1.807, 2.05) is 31.3 Å². The van der Waals surface area contributed by atoms with Crippen LogP contribution in [0, 0.1) is 0 Å². The molecule has 0 atom stereocenters. The molecule has 0 saturated heterocycles. The fourth-order valence-electron chi connectivity index (χ4n) is 2.40. The molecule has 0 aliphatic heterocycles. The number of benzene rings is 1. The van der Waals surface area contributed by atoms with Gasteiger partial charge in [0.1, 0.15) is 5.69 Å². The monoisotopic (exact) mass is 258 g/mol. The topological polar surface area (TPSA) is 34.9 Å². The highest BCUT2D eigenvalue weighted by molar-refractivity contribution is 5.74. The summed E-state index contributed by atoms with van der Waals surface area (Å²) in [5.41, 5.74) is 2.57. The van der Waals surface area contributed by atoms with Crippen LogP contribution in [0.25, 0.3) is 11.0 Å². The quantitative estimate of drug-likeness (QED) is 0.744. The van der Waals surface area contributed by atoms with E-state index in [9.17, 15) is 4.79 Å². The molecule has 0 spiro atoms. The van der Waals surface area contributed by atoms with Crippen molar-refractivity contribution in [1.82, 2.24) is 9.55 Å². The Kier molecular flexibility index (Phi) is 4.72. The van der Waals surface area contributed by atoms with Crippen LogP contribution in [-0.4, -0.2) is 9.55 Å². The van der Waals surface area contributed by atoms with Crippen LogP contribution in [0.5, 0.6) is 0 Å². The first kappa shape index (κ1) is 13.8. The van der Waals surface area contributed by atoms with Gasteiger partial charge in [-0.05, 0) is 25.0 Å². The highest BCUT2D eigenvalue weighted by atomic mass is 16.1. The average molecular weight is 258 g/mol. The van der Waals surface area contributed by atoms with Gasteiger partial charge in [0.25, 0.3) is 5.56 Å². The average Bonchev–Trinajstić information content (AvgIpc) is 2.44. The van der Waals surface area contributed by atoms with Crippen LogP contribution in [-0.2, 0) is 13.5 Å². The van der Waals surface area contributed by atoms with Crippen molar-refractivity contribution in [2.24, 2.45) is 7.05 Å². The van der Waals surface area contributed by atoms with E-state index in [0.717, 1.165) is 23.9 Å². The van der Waals surface area contributed by atoms with Crippen molar-refractivity contribution in [2.45, 2.75) is 45.4 Å².